The molecule has 8 atom stereocenters. The smallest absolute Gasteiger partial charge is 0.133 e. The van der Waals surface area contributed by atoms with E-state index in [1.54, 1.807) is 0 Å². The quantitative estimate of drug-likeness (QED) is 0.420. The highest BCUT2D eigenvalue weighted by molar-refractivity contribution is 5.80. The van der Waals surface area contributed by atoms with E-state index in [-0.39, 0.29) is 0 Å². The normalized spacial score (nSPS) is 50.3. The zero-order valence-corrected chi connectivity index (χ0v) is 20.5. The van der Waals surface area contributed by atoms with Gasteiger partial charge in [-0.05, 0) is 115 Å². The molecule has 0 aromatic carbocycles. The lowest BCUT2D eigenvalue weighted by Gasteiger charge is -2.61. The van der Waals surface area contributed by atoms with E-state index < -0.39 is 0 Å². The van der Waals surface area contributed by atoms with Gasteiger partial charge in [-0.1, -0.05) is 46.8 Å². The minimum Gasteiger partial charge on any atom is -0.300 e. The molecule has 0 heterocycles. The van der Waals surface area contributed by atoms with Crippen LogP contribution in [-0.2, 0) is 4.79 Å². The van der Waals surface area contributed by atoms with Crippen molar-refractivity contribution < 1.29 is 4.79 Å². The molecule has 0 aromatic rings. The summed E-state index contributed by atoms with van der Waals surface area (Å²) in [5, 5.41) is 0. The molecule has 0 aliphatic heterocycles. The predicted octanol–water partition coefficient (Wildman–Crippen LogP) is 7.99. The maximum Gasteiger partial charge on any atom is 0.133 e. The van der Waals surface area contributed by atoms with Crippen LogP contribution in [0.2, 0.25) is 0 Å². The Morgan fingerprint density at radius 2 is 1.77 bits per heavy atom. The Labute approximate surface area is 185 Å². The molecule has 1 heteroatoms. The molecule has 5 saturated carbocycles. The topological polar surface area (TPSA) is 17.1 Å². The second-order valence-corrected chi connectivity index (χ2v) is 13.4. The van der Waals surface area contributed by atoms with Crippen molar-refractivity contribution in [2.75, 3.05) is 0 Å². The monoisotopic (exact) mass is 410 g/mol. The van der Waals surface area contributed by atoms with Crippen LogP contribution in [0, 0.1) is 51.2 Å². The maximum atomic E-state index is 12.2. The Balaban J connectivity index is 1.37. The molecule has 0 saturated heterocycles. The third-order valence-electron chi connectivity index (χ3n) is 12.5. The summed E-state index contributed by atoms with van der Waals surface area (Å²) in [6.07, 6.45) is 15.6. The van der Waals surface area contributed by atoms with Crippen molar-refractivity contribution in [2.24, 2.45) is 51.2 Å². The van der Waals surface area contributed by atoms with E-state index in [1.165, 1.54) is 69.8 Å². The van der Waals surface area contributed by atoms with Gasteiger partial charge in [0.25, 0.3) is 0 Å². The van der Waals surface area contributed by atoms with Crippen LogP contribution < -0.4 is 0 Å². The van der Waals surface area contributed by atoms with E-state index in [4.69, 9.17) is 0 Å². The van der Waals surface area contributed by atoms with Crippen LogP contribution in [-0.4, -0.2) is 5.78 Å². The zero-order valence-electron chi connectivity index (χ0n) is 20.5. The molecule has 1 nitrogen and oxygen atoms in total. The van der Waals surface area contributed by atoms with Gasteiger partial charge in [-0.2, -0.15) is 0 Å². The molecule has 0 unspecified atom stereocenters. The molecule has 0 bridgehead atoms. The third-order valence-corrected chi connectivity index (χ3v) is 12.5. The second-order valence-electron chi connectivity index (χ2n) is 13.4. The Bertz CT molecular complexity index is 749. The van der Waals surface area contributed by atoms with Crippen molar-refractivity contribution in [3.8, 4) is 0 Å². The molecule has 2 spiro atoms. The zero-order chi connectivity index (χ0) is 21.5. The van der Waals surface area contributed by atoms with E-state index in [9.17, 15) is 4.79 Å². The number of fused-ring (bicyclic) bond motifs is 2. The van der Waals surface area contributed by atoms with Crippen LogP contribution >= 0.6 is 0 Å². The lowest BCUT2D eigenvalue weighted by molar-refractivity contribution is -0.139. The minimum atomic E-state index is 0.516. The maximum absolute atomic E-state index is 12.2. The van der Waals surface area contributed by atoms with Crippen molar-refractivity contribution in [3.63, 3.8) is 0 Å². The van der Waals surface area contributed by atoms with Crippen LogP contribution in [0.25, 0.3) is 0 Å². The minimum absolute atomic E-state index is 0.516. The van der Waals surface area contributed by atoms with E-state index in [0.717, 1.165) is 36.5 Å². The van der Waals surface area contributed by atoms with Gasteiger partial charge in [0.05, 0.1) is 0 Å². The van der Waals surface area contributed by atoms with Crippen LogP contribution in [0.15, 0.2) is 12.2 Å². The van der Waals surface area contributed by atoms with Crippen LogP contribution in [0.3, 0.4) is 0 Å². The standard InChI is InChI=1S/C29H46O/c1-19(2)20(3)7-8-21(4)24-12-13-27(6)25-10-9-22-17-23(30)11-14-28(22)18-29(25,28)16-15-26(24,27)5/h19,21-22,24-25H,3,7-18H2,1-2,4-6H3/t21-,22-,24-,25+,26-,27+,28-,29+/m1/s1. The number of rotatable bonds is 5. The Morgan fingerprint density at radius 3 is 2.50 bits per heavy atom. The average Bonchev–Trinajstić information content (AvgIpc) is 3.28. The van der Waals surface area contributed by atoms with Gasteiger partial charge >= 0.3 is 0 Å². The van der Waals surface area contributed by atoms with E-state index in [1.807, 2.05) is 0 Å². The highest BCUT2D eigenvalue weighted by Crippen LogP contribution is 2.87. The highest BCUT2D eigenvalue weighted by Gasteiger charge is 2.80. The van der Waals surface area contributed by atoms with E-state index in [0.29, 0.717) is 33.4 Å². The summed E-state index contributed by atoms with van der Waals surface area (Å²) in [4.78, 5) is 12.2. The number of Topliss-reactive ketones (excluding diaryl/α,β-unsaturated/α-hetero) is 1. The Morgan fingerprint density at radius 1 is 1.00 bits per heavy atom. The molecule has 5 aliphatic carbocycles. The van der Waals surface area contributed by atoms with Gasteiger partial charge in [0.1, 0.15) is 5.78 Å². The molecule has 5 fully saturated rings. The van der Waals surface area contributed by atoms with Crippen molar-refractivity contribution in [3.05, 3.63) is 12.2 Å². The van der Waals surface area contributed by atoms with Gasteiger partial charge in [-0.3, -0.25) is 4.79 Å². The van der Waals surface area contributed by atoms with Crippen LogP contribution in [0.5, 0.6) is 0 Å². The van der Waals surface area contributed by atoms with Crippen molar-refractivity contribution in [2.45, 2.75) is 112 Å². The molecule has 168 valence electrons. The van der Waals surface area contributed by atoms with Gasteiger partial charge in [0.2, 0.25) is 0 Å². The number of hydrogen-bond donors (Lipinski definition) is 0. The van der Waals surface area contributed by atoms with E-state index >= 15 is 0 Å². The Kier molecular flexibility index (Phi) is 4.75. The molecule has 0 aromatic heterocycles. The van der Waals surface area contributed by atoms with Gasteiger partial charge in [-0.15, -0.1) is 0 Å². The third kappa shape index (κ3) is 2.56. The van der Waals surface area contributed by atoms with Gasteiger partial charge in [0.15, 0.2) is 0 Å². The molecule has 0 radical (unpaired) electrons. The fourth-order valence-electron chi connectivity index (χ4n) is 10.3. The summed E-state index contributed by atoms with van der Waals surface area (Å²) in [7, 11) is 0. The second kappa shape index (κ2) is 6.71. The lowest BCUT2D eigenvalue weighted by atomic mass is 9.43. The fourth-order valence-corrected chi connectivity index (χ4v) is 10.3. The first-order chi connectivity index (χ1) is 14.1. The summed E-state index contributed by atoms with van der Waals surface area (Å²) >= 11 is 0. The van der Waals surface area contributed by atoms with Gasteiger partial charge in [-0.25, -0.2) is 0 Å². The van der Waals surface area contributed by atoms with Crippen LogP contribution in [0.1, 0.15) is 112 Å². The van der Waals surface area contributed by atoms with E-state index in [2.05, 4.69) is 41.2 Å². The van der Waals surface area contributed by atoms with Crippen molar-refractivity contribution >= 4 is 5.78 Å². The number of ketones is 1. The summed E-state index contributed by atoms with van der Waals surface area (Å²) in [5.41, 5.74) is 3.68. The molecule has 0 N–H and O–H groups in total. The van der Waals surface area contributed by atoms with Gasteiger partial charge in [0, 0.05) is 12.8 Å². The first-order valence-corrected chi connectivity index (χ1v) is 13.3. The molecular weight excluding hydrogens is 364 g/mol. The highest BCUT2D eigenvalue weighted by atomic mass is 16.1. The molecule has 5 rings (SSSR count). The summed E-state index contributed by atoms with van der Waals surface area (Å²) in [6.45, 7) is 16.9. The summed E-state index contributed by atoms with van der Waals surface area (Å²) < 4.78 is 0. The first kappa shape index (κ1) is 21.3. The largest absolute Gasteiger partial charge is 0.300 e. The Hall–Kier alpha value is -0.590. The SMILES string of the molecule is C=C(CC[C@@H](C)[C@H]1CC[C@@]2(C)[C@@H]3CC[C@@H]4CC(=O)CC[C@@]45C[C@@]35CC[C@]12C)C(C)C. The van der Waals surface area contributed by atoms with Crippen LogP contribution in [0.4, 0.5) is 0 Å². The first-order valence-electron chi connectivity index (χ1n) is 13.3. The summed E-state index contributed by atoms with van der Waals surface area (Å²) in [6, 6.07) is 0. The molecule has 0 amide bonds. The number of carbonyl (C=O) groups excluding carboxylic acids is 1. The van der Waals surface area contributed by atoms with Gasteiger partial charge < -0.3 is 0 Å². The number of carbonyl (C=O) groups is 1. The summed E-state index contributed by atoms with van der Waals surface area (Å²) in [5.74, 6) is 4.56. The average molecular weight is 411 g/mol. The van der Waals surface area contributed by atoms with Crippen molar-refractivity contribution in [1.82, 2.24) is 0 Å². The van der Waals surface area contributed by atoms with Crippen molar-refractivity contribution in [1.29, 1.82) is 0 Å². The fraction of sp³-hybridized carbons (Fsp3) is 0.897. The molecule has 30 heavy (non-hydrogen) atoms. The number of allylic oxidation sites excluding steroid dienone is 1. The lowest BCUT2D eigenvalue weighted by Crippen LogP contribution is -2.54. The predicted molar refractivity (Wildman–Crippen MR) is 125 cm³/mol. The molecule has 5 aliphatic rings. The molecular formula is C29H46O. The number of hydrogen-bond acceptors (Lipinski definition) is 1.